The number of benzene rings is 1. The van der Waals surface area contributed by atoms with Crippen LogP contribution in [0.5, 0.6) is 0 Å². The molecule has 1 aliphatic heterocycles. The first-order valence-electron chi connectivity index (χ1n) is 14.3. The Hall–Kier alpha value is -1.53. The lowest BCUT2D eigenvalue weighted by Gasteiger charge is -2.50. The van der Waals surface area contributed by atoms with Crippen LogP contribution in [0, 0.1) is 29.6 Å². The molecule has 4 unspecified atom stereocenters. The molecule has 1 saturated heterocycles. The Bertz CT molecular complexity index is 1330. The van der Waals surface area contributed by atoms with Gasteiger partial charge in [0, 0.05) is 55.0 Å². The number of anilines is 1. The van der Waals surface area contributed by atoms with Crippen molar-refractivity contribution in [1.82, 2.24) is 9.21 Å². The Balaban J connectivity index is 1.57. The lowest BCUT2D eigenvalue weighted by atomic mass is 9.61. The van der Waals surface area contributed by atoms with Crippen molar-refractivity contribution in [3.63, 3.8) is 0 Å². The number of hydrogen-bond donors (Lipinski definition) is 1. The summed E-state index contributed by atoms with van der Waals surface area (Å²) < 4.78 is 53.5. The predicted molar refractivity (Wildman–Crippen MR) is 161 cm³/mol. The molecule has 3 fully saturated rings. The lowest BCUT2D eigenvalue weighted by molar-refractivity contribution is -0.132. The molecule has 40 heavy (non-hydrogen) atoms. The van der Waals surface area contributed by atoms with Gasteiger partial charge in [-0.25, -0.2) is 16.8 Å². The van der Waals surface area contributed by atoms with E-state index in [2.05, 4.69) is 37.8 Å². The molecule has 0 aromatic heterocycles. The van der Waals surface area contributed by atoms with Crippen LogP contribution < -0.4 is 10.6 Å². The number of sulfone groups is 1. The Morgan fingerprint density at radius 2 is 1.68 bits per heavy atom. The minimum absolute atomic E-state index is 0.0659. The number of aryl methyl sites for hydroxylation is 1. The smallest absolute Gasteiger partial charge is 0.214 e. The fraction of sp³-hybridized carbons (Fsp3) is 0.759. The molecule has 1 aromatic rings. The standard InChI is InChI=1S/C29H48N4O5S2/c1-21-10-8-9-11-23(21)32-15-17-33(18-16-32)40(37,38)20-29-14-12-22(27(29,2)3)25(28(29,4)30)26(34)24(31(5)6)13-19-39(7,35)36/h8-11,22,24-25H,12-20,30H2,1-7H3/t22?,24-,25?,28?,29?/m0/s1. The van der Waals surface area contributed by atoms with Gasteiger partial charge in [-0.3, -0.25) is 9.69 Å². The van der Waals surface area contributed by atoms with Gasteiger partial charge < -0.3 is 10.6 Å². The largest absolute Gasteiger partial charge is 0.369 e. The van der Waals surface area contributed by atoms with Crippen LogP contribution in [0.4, 0.5) is 5.69 Å². The number of likely N-dealkylation sites (N-methyl/N-ethyl adjacent to an activating group) is 1. The van der Waals surface area contributed by atoms with E-state index < -0.39 is 48.2 Å². The van der Waals surface area contributed by atoms with Gasteiger partial charge in [-0.15, -0.1) is 0 Å². The maximum atomic E-state index is 14.1. The third-order valence-corrected chi connectivity index (χ3v) is 13.6. The molecular formula is C29H48N4O5S2. The predicted octanol–water partition coefficient (Wildman–Crippen LogP) is 2.15. The van der Waals surface area contributed by atoms with E-state index in [4.69, 9.17) is 5.73 Å². The number of sulfonamides is 1. The Labute approximate surface area is 241 Å². The summed E-state index contributed by atoms with van der Waals surface area (Å²) in [5, 5.41) is 0. The zero-order valence-electron chi connectivity index (χ0n) is 25.2. The number of rotatable bonds is 10. The third-order valence-electron chi connectivity index (χ3n) is 10.7. The molecule has 2 bridgehead atoms. The molecule has 1 heterocycles. The molecular weight excluding hydrogens is 548 g/mol. The van der Waals surface area contributed by atoms with Crippen LogP contribution in [-0.2, 0) is 24.7 Å². The van der Waals surface area contributed by atoms with Crippen molar-refractivity contribution >= 4 is 31.3 Å². The first-order valence-corrected chi connectivity index (χ1v) is 18.0. The minimum Gasteiger partial charge on any atom is -0.369 e. The first-order chi connectivity index (χ1) is 18.4. The average Bonchev–Trinajstić information content (AvgIpc) is 3.15. The lowest BCUT2D eigenvalue weighted by Crippen LogP contribution is -2.64. The van der Waals surface area contributed by atoms with Gasteiger partial charge in [0.05, 0.1) is 17.5 Å². The molecule has 0 spiro atoms. The monoisotopic (exact) mass is 596 g/mol. The second-order valence-corrected chi connectivity index (χ2v) is 17.7. The van der Waals surface area contributed by atoms with Gasteiger partial charge in [-0.2, -0.15) is 4.31 Å². The SMILES string of the molecule is Cc1ccccc1N1CCN(S(=O)(=O)CC23CCC(C(C(=O)[C@H](CCS(C)(=O)=O)N(C)C)C2(C)N)C3(C)C)CC1. The summed E-state index contributed by atoms with van der Waals surface area (Å²) in [6.45, 7) is 10.2. The number of fused-ring (bicyclic) bond motifs is 2. The highest BCUT2D eigenvalue weighted by Gasteiger charge is 2.75. The maximum absolute atomic E-state index is 14.1. The van der Waals surface area contributed by atoms with Crippen LogP contribution in [0.25, 0.3) is 0 Å². The van der Waals surface area contributed by atoms with Gasteiger partial charge in [0.15, 0.2) is 5.78 Å². The van der Waals surface area contributed by atoms with Crippen LogP contribution in [0.3, 0.4) is 0 Å². The van der Waals surface area contributed by atoms with E-state index >= 15 is 0 Å². The van der Waals surface area contributed by atoms with E-state index in [1.54, 1.807) is 23.3 Å². The summed E-state index contributed by atoms with van der Waals surface area (Å²) in [6, 6.07) is 7.56. The molecule has 9 nitrogen and oxygen atoms in total. The molecule has 3 aliphatic rings. The zero-order valence-corrected chi connectivity index (χ0v) is 26.8. The van der Waals surface area contributed by atoms with Gasteiger partial charge in [0.1, 0.15) is 9.84 Å². The second kappa shape index (κ2) is 10.6. The van der Waals surface area contributed by atoms with Gasteiger partial charge in [0.2, 0.25) is 10.0 Å². The average molecular weight is 597 g/mol. The van der Waals surface area contributed by atoms with Crippen LogP contribution in [0.2, 0.25) is 0 Å². The van der Waals surface area contributed by atoms with Gasteiger partial charge in [-0.05, 0) is 70.2 Å². The highest BCUT2D eigenvalue weighted by atomic mass is 32.2. The molecule has 2 aliphatic carbocycles. The van der Waals surface area contributed by atoms with Crippen LogP contribution in [0.1, 0.15) is 45.6 Å². The van der Waals surface area contributed by atoms with Crippen molar-refractivity contribution in [2.24, 2.45) is 28.4 Å². The van der Waals surface area contributed by atoms with E-state index in [0.717, 1.165) is 12.1 Å². The number of Topliss-reactive ketones (excluding diaryl/α,β-unsaturated/α-hetero) is 1. The highest BCUT2D eigenvalue weighted by molar-refractivity contribution is 7.90. The second-order valence-electron chi connectivity index (χ2n) is 13.4. The summed E-state index contributed by atoms with van der Waals surface area (Å²) in [4.78, 5) is 18.1. The molecule has 0 radical (unpaired) electrons. The maximum Gasteiger partial charge on any atom is 0.214 e. The van der Waals surface area contributed by atoms with Crippen molar-refractivity contribution in [3.05, 3.63) is 29.8 Å². The van der Waals surface area contributed by atoms with Crippen molar-refractivity contribution in [1.29, 1.82) is 0 Å². The number of carbonyl (C=O) groups is 1. The Morgan fingerprint density at radius 1 is 1.07 bits per heavy atom. The van der Waals surface area contributed by atoms with Gasteiger partial charge in [-0.1, -0.05) is 32.0 Å². The summed E-state index contributed by atoms with van der Waals surface area (Å²) in [6.07, 6.45) is 2.76. The normalized spacial score (nSPS) is 31.6. The zero-order chi connectivity index (χ0) is 29.9. The number of nitrogens with two attached hydrogens (primary N) is 1. The first kappa shape index (κ1) is 31.4. The topological polar surface area (TPSA) is 121 Å². The third kappa shape index (κ3) is 5.25. The quantitative estimate of drug-likeness (QED) is 0.436. The Morgan fingerprint density at radius 3 is 2.23 bits per heavy atom. The fourth-order valence-electron chi connectivity index (χ4n) is 8.33. The molecule has 11 heteroatoms. The van der Waals surface area contributed by atoms with Crippen molar-refractivity contribution in [2.75, 3.05) is 62.9 Å². The highest BCUT2D eigenvalue weighted by Crippen LogP contribution is 2.72. The van der Waals surface area contributed by atoms with Crippen LogP contribution in [0.15, 0.2) is 24.3 Å². The Kier molecular flexibility index (Phi) is 8.35. The summed E-state index contributed by atoms with van der Waals surface area (Å²) in [5.74, 6) is -0.846. The minimum atomic E-state index is -3.66. The van der Waals surface area contributed by atoms with Gasteiger partial charge in [0.25, 0.3) is 0 Å². The number of ketones is 1. The van der Waals surface area contributed by atoms with E-state index in [1.165, 1.54) is 11.8 Å². The van der Waals surface area contributed by atoms with E-state index in [0.29, 0.717) is 32.6 Å². The van der Waals surface area contributed by atoms with Crippen LogP contribution in [-0.4, -0.2) is 101 Å². The number of hydrogen-bond acceptors (Lipinski definition) is 8. The van der Waals surface area contributed by atoms with Crippen molar-refractivity contribution in [3.8, 4) is 0 Å². The van der Waals surface area contributed by atoms with E-state index in [1.807, 2.05) is 19.1 Å². The summed E-state index contributed by atoms with van der Waals surface area (Å²) in [5.41, 5.74) is 7.15. The van der Waals surface area contributed by atoms with Crippen molar-refractivity contribution in [2.45, 2.75) is 58.5 Å². The number of para-hydroxylation sites is 1. The molecule has 5 atom stereocenters. The molecule has 226 valence electrons. The van der Waals surface area contributed by atoms with Crippen LogP contribution >= 0.6 is 0 Å². The molecule has 2 saturated carbocycles. The van der Waals surface area contributed by atoms with E-state index in [9.17, 15) is 21.6 Å². The number of carbonyl (C=O) groups excluding carboxylic acids is 1. The molecule has 0 amide bonds. The molecule has 4 rings (SSSR count). The van der Waals surface area contributed by atoms with E-state index in [-0.39, 0.29) is 29.6 Å². The number of nitrogens with zero attached hydrogens (tertiary/aromatic N) is 3. The van der Waals surface area contributed by atoms with Gasteiger partial charge >= 0.3 is 0 Å². The molecule has 2 N–H and O–H groups in total. The number of piperazine rings is 1. The van der Waals surface area contributed by atoms with Crippen molar-refractivity contribution < 1.29 is 21.6 Å². The summed E-state index contributed by atoms with van der Waals surface area (Å²) in [7, 11) is -3.33. The molecule has 1 aromatic carbocycles. The summed E-state index contributed by atoms with van der Waals surface area (Å²) >= 11 is 0. The fourth-order valence-corrected chi connectivity index (χ4v) is 11.3.